The van der Waals surface area contributed by atoms with Crippen LogP contribution in [0.5, 0.6) is 0 Å². The number of fused-ring (bicyclic) bond motifs is 1. The average molecular weight is 408 g/mol. The number of benzene rings is 2. The number of aryl methyl sites for hydroxylation is 1. The standard InChI is InChI=1S/C22H20N2O6/c1-12-4-5-13(9-17(12)22(28)29)19(25)23-14-6-7-16-18(10-14)21(27)24(20(16)26)11-15-3-2-8-30-15/h4-7,9-10,15H,2-3,8,11H2,1H3,(H,23,25)(H,28,29). The SMILES string of the molecule is Cc1ccc(C(=O)Nc2ccc3c(c2)C(=O)N(CC2CCCO2)C3=O)cc1C(=O)O. The number of anilines is 1. The van der Waals surface area contributed by atoms with Gasteiger partial charge in [0, 0.05) is 17.9 Å². The maximum atomic E-state index is 12.7. The number of rotatable bonds is 5. The minimum atomic E-state index is -1.12. The van der Waals surface area contributed by atoms with Gasteiger partial charge in [-0.2, -0.15) is 0 Å². The van der Waals surface area contributed by atoms with E-state index in [2.05, 4.69) is 5.32 Å². The maximum absolute atomic E-state index is 12.7. The van der Waals surface area contributed by atoms with Gasteiger partial charge in [-0.15, -0.1) is 0 Å². The highest BCUT2D eigenvalue weighted by Crippen LogP contribution is 2.28. The van der Waals surface area contributed by atoms with E-state index in [1.54, 1.807) is 19.1 Å². The number of imide groups is 1. The second-order valence-electron chi connectivity index (χ2n) is 7.41. The third-order valence-corrected chi connectivity index (χ3v) is 5.37. The molecule has 1 saturated heterocycles. The lowest BCUT2D eigenvalue weighted by molar-refractivity contribution is 0.0475. The smallest absolute Gasteiger partial charge is 0.335 e. The predicted octanol–water partition coefficient (Wildman–Crippen LogP) is 2.72. The van der Waals surface area contributed by atoms with Crippen molar-refractivity contribution in [1.29, 1.82) is 0 Å². The van der Waals surface area contributed by atoms with Crippen LogP contribution >= 0.6 is 0 Å². The lowest BCUT2D eigenvalue weighted by atomic mass is 10.0. The van der Waals surface area contributed by atoms with E-state index in [1.165, 1.54) is 29.2 Å². The maximum Gasteiger partial charge on any atom is 0.335 e. The van der Waals surface area contributed by atoms with Gasteiger partial charge in [0.1, 0.15) is 0 Å². The summed E-state index contributed by atoms with van der Waals surface area (Å²) in [7, 11) is 0. The Bertz CT molecular complexity index is 1070. The number of carboxylic acids is 1. The number of hydrogen-bond acceptors (Lipinski definition) is 5. The Morgan fingerprint density at radius 1 is 1.13 bits per heavy atom. The third-order valence-electron chi connectivity index (χ3n) is 5.37. The third kappa shape index (κ3) is 3.57. The molecule has 1 atom stereocenters. The number of carbonyl (C=O) groups excluding carboxylic acids is 3. The molecule has 1 unspecified atom stereocenters. The van der Waals surface area contributed by atoms with Crippen LogP contribution in [0.3, 0.4) is 0 Å². The fraction of sp³-hybridized carbons (Fsp3) is 0.273. The molecule has 0 spiro atoms. The molecule has 4 rings (SSSR count). The number of ether oxygens (including phenoxy) is 1. The van der Waals surface area contributed by atoms with Gasteiger partial charge >= 0.3 is 5.97 Å². The van der Waals surface area contributed by atoms with Crippen LogP contribution in [-0.2, 0) is 4.74 Å². The van der Waals surface area contributed by atoms with Gasteiger partial charge in [-0.05, 0) is 55.7 Å². The van der Waals surface area contributed by atoms with Crippen LogP contribution in [0, 0.1) is 6.92 Å². The molecule has 0 saturated carbocycles. The molecule has 0 aliphatic carbocycles. The van der Waals surface area contributed by atoms with Gasteiger partial charge in [0.15, 0.2) is 0 Å². The number of nitrogens with one attached hydrogen (secondary N) is 1. The van der Waals surface area contributed by atoms with E-state index in [1.807, 2.05) is 0 Å². The van der Waals surface area contributed by atoms with Crippen molar-refractivity contribution in [3.05, 3.63) is 64.2 Å². The second kappa shape index (κ2) is 7.72. The summed E-state index contributed by atoms with van der Waals surface area (Å²) in [6.07, 6.45) is 1.58. The number of aromatic carboxylic acids is 1. The summed E-state index contributed by atoms with van der Waals surface area (Å²) in [5, 5.41) is 11.9. The van der Waals surface area contributed by atoms with E-state index in [4.69, 9.17) is 4.74 Å². The van der Waals surface area contributed by atoms with E-state index in [0.29, 0.717) is 23.4 Å². The van der Waals surface area contributed by atoms with Crippen molar-refractivity contribution in [3.63, 3.8) is 0 Å². The molecule has 2 aromatic carbocycles. The first-order valence-electron chi connectivity index (χ1n) is 9.62. The summed E-state index contributed by atoms with van der Waals surface area (Å²) < 4.78 is 5.53. The molecule has 154 valence electrons. The van der Waals surface area contributed by atoms with Crippen molar-refractivity contribution >= 4 is 29.4 Å². The normalized spacial score (nSPS) is 17.9. The summed E-state index contributed by atoms with van der Waals surface area (Å²) in [4.78, 5) is 50.4. The van der Waals surface area contributed by atoms with E-state index in [0.717, 1.165) is 12.8 Å². The lowest BCUT2D eigenvalue weighted by Gasteiger charge is -2.17. The number of carbonyl (C=O) groups is 4. The van der Waals surface area contributed by atoms with Gasteiger partial charge in [0.2, 0.25) is 0 Å². The topological polar surface area (TPSA) is 113 Å². The number of carboxylic acid groups (broad SMARTS) is 1. The van der Waals surface area contributed by atoms with Gasteiger partial charge in [0.25, 0.3) is 17.7 Å². The Morgan fingerprint density at radius 3 is 2.60 bits per heavy atom. The Balaban J connectivity index is 1.53. The monoisotopic (exact) mass is 408 g/mol. The van der Waals surface area contributed by atoms with Crippen molar-refractivity contribution in [2.75, 3.05) is 18.5 Å². The summed E-state index contributed by atoms with van der Waals surface area (Å²) in [6, 6.07) is 8.92. The van der Waals surface area contributed by atoms with Crippen LogP contribution in [0.25, 0.3) is 0 Å². The zero-order chi connectivity index (χ0) is 21.4. The largest absolute Gasteiger partial charge is 0.478 e. The molecule has 2 N–H and O–H groups in total. The fourth-order valence-electron chi connectivity index (χ4n) is 3.72. The van der Waals surface area contributed by atoms with Crippen molar-refractivity contribution in [2.45, 2.75) is 25.9 Å². The van der Waals surface area contributed by atoms with Gasteiger partial charge in [-0.25, -0.2) is 4.79 Å². The molecule has 8 nitrogen and oxygen atoms in total. The first-order chi connectivity index (χ1) is 14.3. The first-order valence-corrected chi connectivity index (χ1v) is 9.62. The molecule has 0 aromatic heterocycles. The molecule has 2 aliphatic rings. The van der Waals surface area contributed by atoms with E-state index in [9.17, 15) is 24.3 Å². The van der Waals surface area contributed by atoms with Crippen molar-refractivity contribution in [2.24, 2.45) is 0 Å². The molecular weight excluding hydrogens is 388 g/mol. The number of nitrogens with zero attached hydrogens (tertiary/aromatic N) is 1. The molecule has 30 heavy (non-hydrogen) atoms. The Morgan fingerprint density at radius 2 is 1.90 bits per heavy atom. The molecule has 0 radical (unpaired) electrons. The van der Waals surface area contributed by atoms with E-state index >= 15 is 0 Å². The van der Waals surface area contributed by atoms with Crippen LogP contribution in [0.1, 0.15) is 59.8 Å². The second-order valence-corrected chi connectivity index (χ2v) is 7.41. The molecule has 2 aromatic rings. The van der Waals surface area contributed by atoms with Crippen molar-refractivity contribution < 1.29 is 29.0 Å². The highest BCUT2D eigenvalue weighted by atomic mass is 16.5. The molecule has 0 bridgehead atoms. The number of amides is 3. The van der Waals surface area contributed by atoms with Gasteiger partial charge < -0.3 is 15.2 Å². The quantitative estimate of drug-likeness (QED) is 0.736. The molecule has 1 fully saturated rings. The van der Waals surface area contributed by atoms with Gasteiger partial charge in [-0.1, -0.05) is 6.07 Å². The molecular formula is C22H20N2O6. The Kier molecular flexibility index (Phi) is 5.09. The Labute approximate surface area is 172 Å². The summed E-state index contributed by atoms with van der Waals surface area (Å²) in [5.41, 5.74) is 1.64. The van der Waals surface area contributed by atoms with Crippen LogP contribution in [-0.4, -0.2) is 53.0 Å². The molecule has 3 amide bonds. The number of hydrogen-bond donors (Lipinski definition) is 2. The zero-order valence-electron chi connectivity index (χ0n) is 16.3. The van der Waals surface area contributed by atoms with Crippen LogP contribution in [0.15, 0.2) is 36.4 Å². The molecule has 2 aliphatic heterocycles. The van der Waals surface area contributed by atoms with Crippen molar-refractivity contribution in [3.8, 4) is 0 Å². The highest BCUT2D eigenvalue weighted by molar-refractivity contribution is 6.22. The minimum absolute atomic E-state index is 0.0437. The zero-order valence-corrected chi connectivity index (χ0v) is 16.3. The van der Waals surface area contributed by atoms with Crippen molar-refractivity contribution in [1.82, 2.24) is 4.90 Å². The van der Waals surface area contributed by atoms with E-state index in [-0.39, 0.29) is 35.2 Å². The highest BCUT2D eigenvalue weighted by Gasteiger charge is 2.37. The van der Waals surface area contributed by atoms with Crippen LogP contribution in [0.4, 0.5) is 5.69 Å². The fourth-order valence-corrected chi connectivity index (χ4v) is 3.72. The summed E-state index contributed by atoms with van der Waals surface area (Å²) in [5.74, 6) is -2.40. The molecule has 2 heterocycles. The summed E-state index contributed by atoms with van der Waals surface area (Å²) >= 11 is 0. The lowest BCUT2D eigenvalue weighted by Crippen LogP contribution is -2.36. The van der Waals surface area contributed by atoms with E-state index < -0.39 is 17.8 Å². The van der Waals surface area contributed by atoms with Crippen LogP contribution in [0.2, 0.25) is 0 Å². The Hall–Kier alpha value is -3.52. The summed E-state index contributed by atoms with van der Waals surface area (Å²) in [6.45, 7) is 2.50. The predicted molar refractivity (Wildman–Crippen MR) is 107 cm³/mol. The van der Waals surface area contributed by atoms with Gasteiger partial charge in [0.05, 0.1) is 29.3 Å². The minimum Gasteiger partial charge on any atom is -0.478 e. The average Bonchev–Trinajstić information content (AvgIpc) is 3.31. The van der Waals surface area contributed by atoms with Crippen LogP contribution < -0.4 is 5.32 Å². The first kappa shape index (κ1) is 19.8. The molecule has 8 heteroatoms. The van der Waals surface area contributed by atoms with Gasteiger partial charge in [-0.3, -0.25) is 19.3 Å².